The summed E-state index contributed by atoms with van der Waals surface area (Å²) >= 11 is 0. The summed E-state index contributed by atoms with van der Waals surface area (Å²) in [5, 5.41) is 15.6. The molecule has 214 valence electrons. The fourth-order valence-corrected chi connectivity index (χ4v) is 5.55. The summed E-state index contributed by atoms with van der Waals surface area (Å²) in [6.07, 6.45) is 7.46. The van der Waals surface area contributed by atoms with Gasteiger partial charge in [0.15, 0.2) is 0 Å². The summed E-state index contributed by atoms with van der Waals surface area (Å²) in [7, 11) is 0. The molecule has 5 rings (SSSR count). The highest BCUT2D eigenvalue weighted by Gasteiger charge is 2.16. The lowest BCUT2D eigenvalue weighted by atomic mass is 9.95. The number of rotatable bonds is 11. The number of carboxylic acid groups (broad SMARTS) is 1. The SMILES string of the molecule is CCCCc1nc2ccc(NCC(=O)NC3CCCCC3)cc2n1Cc1ccc(-c2ccccc2OC(=O)O)cc1. The number of unbranched alkanes of at least 4 members (excludes halogenated alkanes) is 1. The van der Waals surface area contributed by atoms with E-state index in [4.69, 9.17) is 14.8 Å². The van der Waals surface area contributed by atoms with Crippen molar-refractivity contribution in [2.75, 3.05) is 11.9 Å². The van der Waals surface area contributed by atoms with Gasteiger partial charge in [-0.3, -0.25) is 4.79 Å². The molecule has 0 spiro atoms. The summed E-state index contributed by atoms with van der Waals surface area (Å²) in [4.78, 5) is 28.6. The van der Waals surface area contributed by atoms with Gasteiger partial charge in [-0.2, -0.15) is 0 Å². The topological polar surface area (TPSA) is 105 Å². The van der Waals surface area contributed by atoms with E-state index in [1.54, 1.807) is 12.1 Å². The third-order valence-electron chi connectivity index (χ3n) is 7.69. The molecule has 0 aliphatic heterocycles. The molecule has 1 heterocycles. The number of aromatic nitrogens is 2. The van der Waals surface area contributed by atoms with Gasteiger partial charge in [-0.25, -0.2) is 9.78 Å². The van der Waals surface area contributed by atoms with Crippen LogP contribution in [-0.2, 0) is 17.8 Å². The summed E-state index contributed by atoms with van der Waals surface area (Å²) in [5.74, 6) is 1.38. The fraction of sp³-hybridized carbons (Fsp3) is 0.364. The van der Waals surface area contributed by atoms with Crippen molar-refractivity contribution in [1.29, 1.82) is 0 Å². The molecule has 1 aliphatic carbocycles. The predicted molar refractivity (Wildman–Crippen MR) is 161 cm³/mol. The third kappa shape index (κ3) is 7.25. The van der Waals surface area contributed by atoms with Crippen LogP contribution in [0.25, 0.3) is 22.2 Å². The number of benzene rings is 3. The Labute approximate surface area is 240 Å². The van der Waals surface area contributed by atoms with Crippen molar-refractivity contribution in [3.05, 3.63) is 78.1 Å². The van der Waals surface area contributed by atoms with Crippen LogP contribution in [0.15, 0.2) is 66.7 Å². The number of para-hydroxylation sites is 1. The zero-order valence-corrected chi connectivity index (χ0v) is 23.6. The van der Waals surface area contributed by atoms with E-state index >= 15 is 0 Å². The summed E-state index contributed by atoms with van der Waals surface area (Å²) in [6.45, 7) is 3.07. The second kappa shape index (κ2) is 13.4. The van der Waals surface area contributed by atoms with Crippen molar-refractivity contribution in [3.8, 4) is 16.9 Å². The second-order valence-corrected chi connectivity index (χ2v) is 10.7. The maximum absolute atomic E-state index is 12.6. The Kier molecular flexibility index (Phi) is 9.19. The highest BCUT2D eigenvalue weighted by atomic mass is 16.7. The van der Waals surface area contributed by atoms with Gasteiger partial charge in [0.05, 0.1) is 17.6 Å². The molecule has 0 bridgehead atoms. The number of nitrogens with zero attached hydrogens (tertiary/aromatic N) is 2. The number of anilines is 1. The van der Waals surface area contributed by atoms with Crippen molar-refractivity contribution in [2.45, 2.75) is 70.9 Å². The average Bonchev–Trinajstić information content (AvgIpc) is 3.32. The Morgan fingerprint density at radius 2 is 1.80 bits per heavy atom. The van der Waals surface area contributed by atoms with Gasteiger partial charge < -0.3 is 25.0 Å². The standard InChI is InChI=1S/C33H38N4O4/c1-2-3-13-31-36-28-19-18-26(34-21-32(38)35-25-9-5-4-6-10-25)20-29(28)37(31)22-23-14-16-24(17-15-23)27-11-7-8-12-30(27)41-33(39)40/h7-8,11-12,14-20,25,34H,2-6,9-10,13,21-22H2,1H3,(H,35,38)(H,39,40). The first-order valence-electron chi connectivity index (χ1n) is 14.6. The van der Waals surface area contributed by atoms with Gasteiger partial charge >= 0.3 is 6.16 Å². The molecule has 0 unspecified atom stereocenters. The number of aryl methyl sites for hydroxylation is 1. The van der Waals surface area contributed by atoms with E-state index in [2.05, 4.69) is 40.3 Å². The number of ether oxygens (including phenoxy) is 1. The van der Waals surface area contributed by atoms with Crippen LogP contribution in [0.4, 0.5) is 10.5 Å². The van der Waals surface area contributed by atoms with Crippen molar-refractivity contribution < 1.29 is 19.4 Å². The molecule has 41 heavy (non-hydrogen) atoms. The molecule has 1 saturated carbocycles. The Balaban J connectivity index is 1.34. The molecule has 3 N–H and O–H groups in total. The van der Waals surface area contributed by atoms with Crippen LogP contribution >= 0.6 is 0 Å². The van der Waals surface area contributed by atoms with Crippen LogP contribution in [-0.4, -0.2) is 39.3 Å². The van der Waals surface area contributed by atoms with Crippen LogP contribution < -0.4 is 15.4 Å². The van der Waals surface area contributed by atoms with Gasteiger partial charge in [0.1, 0.15) is 11.6 Å². The number of imidazole rings is 1. The lowest BCUT2D eigenvalue weighted by Gasteiger charge is -2.22. The monoisotopic (exact) mass is 554 g/mol. The van der Waals surface area contributed by atoms with Gasteiger partial charge in [-0.05, 0) is 54.7 Å². The zero-order valence-electron chi connectivity index (χ0n) is 23.6. The Morgan fingerprint density at radius 3 is 2.56 bits per heavy atom. The van der Waals surface area contributed by atoms with Crippen molar-refractivity contribution in [2.24, 2.45) is 0 Å². The lowest BCUT2D eigenvalue weighted by molar-refractivity contribution is -0.120. The number of hydrogen-bond donors (Lipinski definition) is 3. The van der Waals surface area contributed by atoms with E-state index in [-0.39, 0.29) is 12.5 Å². The first kappa shape index (κ1) is 28.2. The average molecular weight is 555 g/mol. The van der Waals surface area contributed by atoms with Gasteiger partial charge in [-0.15, -0.1) is 0 Å². The minimum Gasteiger partial charge on any atom is -0.449 e. The number of carbonyl (C=O) groups excluding carboxylic acids is 1. The molecule has 1 fully saturated rings. The number of fused-ring (bicyclic) bond motifs is 1. The molecule has 4 aromatic rings. The van der Waals surface area contributed by atoms with Gasteiger partial charge in [-0.1, -0.05) is 75.1 Å². The van der Waals surface area contributed by atoms with Crippen LogP contribution in [0.2, 0.25) is 0 Å². The number of amides is 1. The fourth-order valence-electron chi connectivity index (χ4n) is 5.55. The molecule has 8 nitrogen and oxygen atoms in total. The number of hydrogen-bond acceptors (Lipinski definition) is 5. The molecular weight excluding hydrogens is 516 g/mol. The van der Waals surface area contributed by atoms with Gasteiger partial charge in [0, 0.05) is 30.3 Å². The Bertz CT molecular complexity index is 1490. The lowest BCUT2D eigenvalue weighted by Crippen LogP contribution is -2.39. The summed E-state index contributed by atoms with van der Waals surface area (Å²) in [6, 6.07) is 21.6. The van der Waals surface area contributed by atoms with Crippen LogP contribution in [0.3, 0.4) is 0 Å². The summed E-state index contributed by atoms with van der Waals surface area (Å²) < 4.78 is 7.23. The first-order valence-corrected chi connectivity index (χ1v) is 14.6. The van der Waals surface area contributed by atoms with Crippen LogP contribution in [0.1, 0.15) is 63.3 Å². The van der Waals surface area contributed by atoms with E-state index in [9.17, 15) is 9.59 Å². The highest BCUT2D eigenvalue weighted by molar-refractivity contribution is 5.84. The maximum atomic E-state index is 12.6. The molecule has 1 aliphatic rings. The Hall–Kier alpha value is -4.33. The van der Waals surface area contributed by atoms with Crippen LogP contribution in [0.5, 0.6) is 5.75 Å². The predicted octanol–water partition coefficient (Wildman–Crippen LogP) is 7.01. The van der Waals surface area contributed by atoms with Gasteiger partial charge in [0.2, 0.25) is 5.91 Å². The normalized spacial score (nSPS) is 13.7. The number of carbonyl (C=O) groups is 2. The van der Waals surface area contributed by atoms with Crippen molar-refractivity contribution >= 4 is 28.8 Å². The molecule has 0 saturated heterocycles. The smallest absolute Gasteiger partial charge is 0.449 e. The first-order chi connectivity index (χ1) is 20.0. The van der Waals surface area contributed by atoms with Gasteiger partial charge in [0.25, 0.3) is 0 Å². The largest absolute Gasteiger partial charge is 0.511 e. The minimum atomic E-state index is -1.33. The summed E-state index contributed by atoms with van der Waals surface area (Å²) in [5.41, 5.74) is 5.56. The van der Waals surface area contributed by atoms with E-state index in [1.165, 1.54) is 19.3 Å². The van der Waals surface area contributed by atoms with Crippen LogP contribution in [0, 0.1) is 0 Å². The van der Waals surface area contributed by atoms with E-state index < -0.39 is 6.16 Å². The molecule has 3 aromatic carbocycles. The van der Waals surface area contributed by atoms with E-state index in [0.29, 0.717) is 18.3 Å². The second-order valence-electron chi connectivity index (χ2n) is 10.7. The van der Waals surface area contributed by atoms with Crippen molar-refractivity contribution in [1.82, 2.24) is 14.9 Å². The molecule has 1 aromatic heterocycles. The quantitative estimate of drug-likeness (QED) is 0.136. The van der Waals surface area contributed by atoms with E-state index in [1.807, 2.05) is 36.4 Å². The highest BCUT2D eigenvalue weighted by Crippen LogP contribution is 2.31. The maximum Gasteiger partial charge on any atom is 0.511 e. The molecule has 0 radical (unpaired) electrons. The minimum absolute atomic E-state index is 0.0320. The molecule has 0 atom stereocenters. The molecule has 1 amide bonds. The molecule has 8 heteroatoms. The zero-order chi connectivity index (χ0) is 28.6. The molecular formula is C33H38N4O4. The number of nitrogens with one attached hydrogen (secondary N) is 2. The third-order valence-corrected chi connectivity index (χ3v) is 7.69. The Morgan fingerprint density at radius 1 is 1.02 bits per heavy atom. The van der Waals surface area contributed by atoms with Crippen molar-refractivity contribution in [3.63, 3.8) is 0 Å². The van der Waals surface area contributed by atoms with E-state index in [0.717, 1.165) is 71.3 Å².